The average molecular weight is 299 g/mol. The molecule has 20 heavy (non-hydrogen) atoms. The van der Waals surface area contributed by atoms with E-state index in [4.69, 9.17) is 0 Å². The number of Topliss-reactive ketones (excluding diaryl/α,β-unsaturated/α-hetero) is 1. The minimum atomic E-state index is -2.97. The number of carbonyl (C=O) groups is 1. The highest BCUT2D eigenvalue weighted by Crippen LogP contribution is 2.24. The summed E-state index contributed by atoms with van der Waals surface area (Å²) in [5, 5.41) is 6.74. The molecule has 0 fully saturated rings. The topological polar surface area (TPSA) is 67.9 Å². The molecule has 1 heterocycles. The SMILES string of the molecule is Cc1ccc(OC(F)F)c(C(=O)CSc2ncn[nH]2)c1. The number of hydrogen-bond acceptors (Lipinski definition) is 5. The summed E-state index contributed by atoms with van der Waals surface area (Å²) in [6, 6.07) is 4.51. The summed E-state index contributed by atoms with van der Waals surface area (Å²) in [4.78, 5) is 15.9. The molecule has 0 aliphatic carbocycles. The molecule has 0 spiro atoms. The molecule has 1 aromatic heterocycles. The van der Waals surface area contributed by atoms with Crippen LogP contribution < -0.4 is 4.74 Å². The third-order valence-electron chi connectivity index (χ3n) is 2.38. The number of thioether (sulfide) groups is 1. The molecule has 0 atom stereocenters. The molecule has 1 aromatic carbocycles. The van der Waals surface area contributed by atoms with Crippen molar-refractivity contribution in [1.29, 1.82) is 0 Å². The molecule has 2 rings (SSSR count). The highest BCUT2D eigenvalue weighted by molar-refractivity contribution is 7.99. The van der Waals surface area contributed by atoms with Crippen LogP contribution in [-0.4, -0.2) is 33.3 Å². The fourth-order valence-electron chi connectivity index (χ4n) is 1.54. The van der Waals surface area contributed by atoms with Gasteiger partial charge in [0.25, 0.3) is 0 Å². The molecule has 2 aromatic rings. The summed E-state index contributed by atoms with van der Waals surface area (Å²) in [6.07, 6.45) is 1.32. The van der Waals surface area contributed by atoms with Crippen LogP contribution in [0.15, 0.2) is 29.7 Å². The van der Waals surface area contributed by atoms with Gasteiger partial charge < -0.3 is 4.74 Å². The van der Waals surface area contributed by atoms with Crippen molar-refractivity contribution in [1.82, 2.24) is 15.2 Å². The number of nitrogens with one attached hydrogen (secondary N) is 1. The van der Waals surface area contributed by atoms with Crippen molar-refractivity contribution in [2.75, 3.05) is 5.75 Å². The Labute approximate surface area is 117 Å². The van der Waals surface area contributed by atoms with Crippen LogP contribution in [0.2, 0.25) is 0 Å². The smallest absolute Gasteiger partial charge is 0.387 e. The first kappa shape index (κ1) is 14.4. The van der Waals surface area contributed by atoms with Gasteiger partial charge in [0.1, 0.15) is 12.1 Å². The normalized spacial score (nSPS) is 10.8. The van der Waals surface area contributed by atoms with Gasteiger partial charge in [0.15, 0.2) is 10.9 Å². The molecular weight excluding hydrogens is 288 g/mol. The van der Waals surface area contributed by atoms with E-state index < -0.39 is 6.61 Å². The van der Waals surface area contributed by atoms with Crippen molar-refractivity contribution in [3.63, 3.8) is 0 Å². The highest BCUT2D eigenvalue weighted by atomic mass is 32.2. The lowest BCUT2D eigenvalue weighted by Gasteiger charge is -2.10. The van der Waals surface area contributed by atoms with Crippen LogP contribution in [0.5, 0.6) is 5.75 Å². The van der Waals surface area contributed by atoms with Gasteiger partial charge in [-0.3, -0.25) is 9.89 Å². The first-order chi connectivity index (χ1) is 9.56. The Kier molecular flexibility index (Phi) is 4.67. The van der Waals surface area contributed by atoms with Crippen LogP contribution in [0.1, 0.15) is 15.9 Å². The maximum absolute atomic E-state index is 12.3. The number of carbonyl (C=O) groups excluding carboxylic acids is 1. The van der Waals surface area contributed by atoms with E-state index in [0.29, 0.717) is 5.16 Å². The second kappa shape index (κ2) is 6.47. The van der Waals surface area contributed by atoms with E-state index in [1.54, 1.807) is 13.0 Å². The Hall–Kier alpha value is -1.96. The molecule has 1 N–H and O–H groups in total. The van der Waals surface area contributed by atoms with Crippen molar-refractivity contribution in [2.45, 2.75) is 18.7 Å². The largest absolute Gasteiger partial charge is 0.434 e. The van der Waals surface area contributed by atoms with Gasteiger partial charge >= 0.3 is 6.61 Å². The van der Waals surface area contributed by atoms with E-state index in [2.05, 4.69) is 19.9 Å². The Morgan fingerprint density at radius 3 is 2.95 bits per heavy atom. The zero-order valence-corrected chi connectivity index (χ0v) is 11.3. The summed E-state index contributed by atoms with van der Waals surface area (Å²) in [5.74, 6) is -0.377. The van der Waals surface area contributed by atoms with Gasteiger partial charge in [0.2, 0.25) is 0 Å². The van der Waals surface area contributed by atoms with Gasteiger partial charge in [-0.15, -0.1) is 0 Å². The summed E-state index contributed by atoms with van der Waals surface area (Å²) >= 11 is 1.14. The summed E-state index contributed by atoms with van der Waals surface area (Å²) in [5.41, 5.74) is 0.928. The number of rotatable bonds is 6. The van der Waals surface area contributed by atoms with Crippen molar-refractivity contribution in [3.8, 4) is 5.75 Å². The van der Waals surface area contributed by atoms with Crippen LogP contribution in [0, 0.1) is 6.92 Å². The maximum atomic E-state index is 12.3. The molecular formula is C12H11F2N3O2S. The second-order valence-electron chi connectivity index (χ2n) is 3.88. The van der Waals surface area contributed by atoms with Crippen LogP contribution in [0.3, 0.4) is 0 Å². The Morgan fingerprint density at radius 2 is 2.30 bits per heavy atom. The van der Waals surface area contributed by atoms with E-state index >= 15 is 0 Å². The monoisotopic (exact) mass is 299 g/mol. The zero-order valence-electron chi connectivity index (χ0n) is 10.5. The molecule has 8 heteroatoms. The molecule has 0 saturated heterocycles. The van der Waals surface area contributed by atoms with Crippen molar-refractivity contribution < 1.29 is 18.3 Å². The molecule has 0 amide bonds. The molecule has 0 bridgehead atoms. The van der Waals surface area contributed by atoms with Crippen LogP contribution >= 0.6 is 11.8 Å². The third kappa shape index (κ3) is 3.77. The number of hydrogen-bond donors (Lipinski definition) is 1. The summed E-state index contributed by atoms with van der Waals surface area (Å²) < 4.78 is 29.0. The fraction of sp³-hybridized carbons (Fsp3) is 0.250. The fourth-order valence-corrected chi connectivity index (χ4v) is 2.20. The summed E-state index contributed by atoms with van der Waals surface area (Å²) in [7, 11) is 0. The molecule has 0 radical (unpaired) electrons. The predicted molar refractivity (Wildman–Crippen MR) is 69.2 cm³/mol. The van der Waals surface area contributed by atoms with Gasteiger partial charge in [-0.1, -0.05) is 23.4 Å². The van der Waals surface area contributed by atoms with E-state index in [1.807, 2.05) is 0 Å². The molecule has 0 saturated carbocycles. The molecule has 0 aliphatic rings. The number of aryl methyl sites for hydroxylation is 1. The van der Waals surface area contributed by atoms with E-state index in [1.165, 1.54) is 18.5 Å². The third-order valence-corrected chi connectivity index (χ3v) is 3.26. The number of H-pyrrole nitrogens is 1. The molecule has 5 nitrogen and oxygen atoms in total. The van der Waals surface area contributed by atoms with Gasteiger partial charge in [-0.25, -0.2) is 4.98 Å². The van der Waals surface area contributed by atoms with E-state index in [0.717, 1.165) is 17.3 Å². The molecule has 0 aliphatic heterocycles. The summed E-state index contributed by atoms with van der Waals surface area (Å²) in [6.45, 7) is -1.20. The maximum Gasteiger partial charge on any atom is 0.387 e. The number of ether oxygens (including phenoxy) is 1. The Balaban J connectivity index is 2.13. The number of halogens is 2. The average Bonchev–Trinajstić information content (AvgIpc) is 2.90. The first-order valence-corrected chi connectivity index (χ1v) is 6.61. The second-order valence-corrected chi connectivity index (χ2v) is 4.84. The predicted octanol–water partition coefficient (Wildman–Crippen LogP) is 2.69. The van der Waals surface area contributed by atoms with Crippen molar-refractivity contribution in [2.24, 2.45) is 0 Å². The Morgan fingerprint density at radius 1 is 1.50 bits per heavy atom. The number of alkyl halides is 2. The lowest BCUT2D eigenvalue weighted by molar-refractivity contribution is -0.0501. The quantitative estimate of drug-likeness (QED) is 0.656. The molecule has 0 unspecified atom stereocenters. The highest BCUT2D eigenvalue weighted by Gasteiger charge is 2.16. The van der Waals surface area contributed by atoms with E-state index in [9.17, 15) is 13.6 Å². The zero-order chi connectivity index (χ0) is 14.5. The van der Waals surface area contributed by atoms with Gasteiger partial charge in [-0.2, -0.15) is 13.9 Å². The first-order valence-electron chi connectivity index (χ1n) is 5.63. The van der Waals surface area contributed by atoms with Gasteiger partial charge in [0, 0.05) is 0 Å². The number of nitrogens with zero attached hydrogens (tertiary/aromatic N) is 2. The van der Waals surface area contributed by atoms with Crippen molar-refractivity contribution >= 4 is 17.5 Å². The molecule has 106 valence electrons. The minimum Gasteiger partial charge on any atom is -0.434 e. The lowest BCUT2D eigenvalue weighted by Crippen LogP contribution is -2.10. The number of benzene rings is 1. The van der Waals surface area contributed by atoms with Gasteiger partial charge in [0.05, 0.1) is 11.3 Å². The van der Waals surface area contributed by atoms with Crippen LogP contribution in [0.25, 0.3) is 0 Å². The minimum absolute atomic E-state index is 0.0538. The standard InChI is InChI=1S/C12H11F2N3O2S/c1-7-2-3-10(19-11(13)14)8(4-7)9(18)5-20-12-15-6-16-17-12/h2-4,6,11H,5H2,1H3,(H,15,16,17). The number of aromatic amines is 1. The number of aromatic nitrogens is 3. The van der Waals surface area contributed by atoms with Crippen LogP contribution in [-0.2, 0) is 0 Å². The van der Waals surface area contributed by atoms with Crippen LogP contribution in [0.4, 0.5) is 8.78 Å². The number of ketones is 1. The van der Waals surface area contributed by atoms with Gasteiger partial charge in [-0.05, 0) is 19.1 Å². The lowest BCUT2D eigenvalue weighted by atomic mass is 10.1. The Bertz CT molecular complexity index is 590. The van der Waals surface area contributed by atoms with Crippen molar-refractivity contribution in [3.05, 3.63) is 35.7 Å². The van der Waals surface area contributed by atoms with E-state index in [-0.39, 0.29) is 22.8 Å².